The lowest BCUT2D eigenvalue weighted by Crippen LogP contribution is -2.30. The Morgan fingerprint density at radius 3 is 2.84 bits per heavy atom. The second-order valence-electron chi connectivity index (χ2n) is 4.57. The molecule has 3 nitrogen and oxygen atoms in total. The summed E-state index contributed by atoms with van der Waals surface area (Å²) in [7, 11) is 0. The van der Waals surface area contributed by atoms with Gasteiger partial charge in [-0.1, -0.05) is 18.3 Å². The van der Waals surface area contributed by atoms with Crippen LogP contribution >= 0.6 is 23.6 Å². The second kappa shape index (κ2) is 6.12. The molecular formula is C14H17N3S2. The minimum Gasteiger partial charge on any atom is -0.389 e. The lowest BCUT2D eigenvalue weighted by molar-refractivity contribution is 0.677. The monoisotopic (exact) mass is 291 g/mol. The number of rotatable bonds is 5. The molecule has 0 saturated carbocycles. The SMILES string of the molecule is CC(C)N(Cc1cccs1)c1cc(C(N)=S)ccn1. The lowest BCUT2D eigenvalue weighted by atomic mass is 10.2. The van der Waals surface area contributed by atoms with Crippen LogP contribution in [0, 0.1) is 0 Å². The van der Waals surface area contributed by atoms with Gasteiger partial charge in [0, 0.05) is 22.7 Å². The first kappa shape index (κ1) is 14.0. The van der Waals surface area contributed by atoms with Gasteiger partial charge in [0.05, 0.1) is 6.54 Å². The fraction of sp³-hybridized carbons (Fsp3) is 0.286. The number of hydrogen-bond donors (Lipinski definition) is 1. The van der Waals surface area contributed by atoms with Crippen molar-refractivity contribution in [2.45, 2.75) is 26.4 Å². The van der Waals surface area contributed by atoms with Crippen molar-refractivity contribution in [1.82, 2.24) is 4.98 Å². The van der Waals surface area contributed by atoms with Gasteiger partial charge >= 0.3 is 0 Å². The average Bonchev–Trinajstić information content (AvgIpc) is 2.88. The minimum atomic E-state index is 0.358. The molecule has 2 aromatic rings. The Labute approximate surface area is 123 Å². The summed E-state index contributed by atoms with van der Waals surface area (Å²) in [5.74, 6) is 0.911. The summed E-state index contributed by atoms with van der Waals surface area (Å²) < 4.78 is 0. The fourth-order valence-electron chi connectivity index (χ4n) is 1.83. The van der Waals surface area contributed by atoms with Crippen molar-refractivity contribution < 1.29 is 0 Å². The third-order valence-corrected chi connectivity index (χ3v) is 3.95. The number of anilines is 1. The molecule has 0 spiro atoms. The Morgan fingerprint density at radius 1 is 1.47 bits per heavy atom. The Balaban J connectivity index is 2.28. The molecule has 0 unspecified atom stereocenters. The molecule has 0 amide bonds. The number of aromatic nitrogens is 1. The van der Waals surface area contributed by atoms with Crippen LogP contribution in [0.5, 0.6) is 0 Å². The second-order valence-corrected chi connectivity index (χ2v) is 6.04. The molecule has 19 heavy (non-hydrogen) atoms. The molecule has 2 heterocycles. The molecule has 100 valence electrons. The van der Waals surface area contributed by atoms with Crippen molar-refractivity contribution in [2.24, 2.45) is 5.73 Å². The zero-order valence-corrected chi connectivity index (χ0v) is 12.7. The maximum Gasteiger partial charge on any atom is 0.129 e. The van der Waals surface area contributed by atoms with E-state index in [0.717, 1.165) is 17.9 Å². The van der Waals surface area contributed by atoms with E-state index in [-0.39, 0.29) is 0 Å². The highest BCUT2D eigenvalue weighted by molar-refractivity contribution is 7.80. The molecule has 2 rings (SSSR count). The van der Waals surface area contributed by atoms with Crippen LogP contribution in [0.2, 0.25) is 0 Å². The van der Waals surface area contributed by atoms with Crippen molar-refractivity contribution in [2.75, 3.05) is 4.90 Å². The van der Waals surface area contributed by atoms with Gasteiger partial charge in [0.1, 0.15) is 10.8 Å². The van der Waals surface area contributed by atoms with Crippen molar-refractivity contribution >= 4 is 34.4 Å². The van der Waals surface area contributed by atoms with Gasteiger partial charge in [-0.3, -0.25) is 0 Å². The van der Waals surface area contributed by atoms with Crippen LogP contribution in [0.25, 0.3) is 0 Å². The molecule has 0 radical (unpaired) electrons. The van der Waals surface area contributed by atoms with Crippen molar-refractivity contribution in [3.05, 3.63) is 46.3 Å². The van der Waals surface area contributed by atoms with E-state index in [2.05, 4.69) is 41.2 Å². The Kier molecular flexibility index (Phi) is 4.50. The molecule has 0 bridgehead atoms. The highest BCUT2D eigenvalue weighted by Crippen LogP contribution is 2.21. The summed E-state index contributed by atoms with van der Waals surface area (Å²) in [6, 6.07) is 8.36. The molecule has 0 aliphatic carbocycles. The van der Waals surface area contributed by atoms with E-state index in [1.807, 2.05) is 12.1 Å². The Morgan fingerprint density at radius 2 is 2.26 bits per heavy atom. The van der Waals surface area contributed by atoms with E-state index in [1.54, 1.807) is 17.5 Å². The molecule has 5 heteroatoms. The first-order valence-electron chi connectivity index (χ1n) is 6.13. The van der Waals surface area contributed by atoms with Crippen LogP contribution in [0.3, 0.4) is 0 Å². The quantitative estimate of drug-likeness (QED) is 0.859. The van der Waals surface area contributed by atoms with Gasteiger partial charge in [0.15, 0.2) is 0 Å². The lowest BCUT2D eigenvalue weighted by Gasteiger charge is -2.27. The van der Waals surface area contributed by atoms with Gasteiger partial charge in [-0.2, -0.15) is 0 Å². The third-order valence-electron chi connectivity index (χ3n) is 2.85. The Hall–Kier alpha value is -1.46. The van der Waals surface area contributed by atoms with E-state index in [9.17, 15) is 0 Å². The largest absolute Gasteiger partial charge is 0.389 e. The standard InChI is InChI=1S/C14H17N3S2/c1-10(2)17(9-12-4-3-7-19-12)13-8-11(14(15)18)5-6-16-13/h3-8,10H,9H2,1-2H3,(H2,15,18). The zero-order chi connectivity index (χ0) is 13.8. The van der Waals surface area contributed by atoms with E-state index >= 15 is 0 Å². The summed E-state index contributed by atoms with van der Waals surface area (Å²) in [5, 5.41) is 2.09. The molecule has 0 atom stereocenters. The van der Waals surface area contributed by atoms with Gasteiger partial charge in [-0.25, -0.2) is 4.98 Å². The first-order valence-corrected chi connectivity index (χ1v) is 7.41. The van der Waals surface area contributed by atoms with Crippen LogP contribution in [-0.2, 0) is 6.54 Å². The first-order chi connectivity index (χ1) is 9.08. The predicted octanol–water partition coefficient (Wildman–Crippen LogP) is 3.19. The fourth-order valence-corrected chi connectivity index (χ4v) is 2.66. The molecule has 0 aromatic carbocycles. The van der Waals surface area contributed by atoms with Crippen molar-refractivity contribution in [1.29, 1.82) is 0 Å². The summed E-state index contributed by atoms with van der Waals surface area (Å²) in [6.07, 6.45) is 1.76. The number of thiocarbonyl (C=S) groups is 1. The van der Waals surface area contributed by atoms with Gasteiger partial charge in [-0.05, 0) is 37.4 Å². The van der Waals surface area contributed by atoms with Crippen molar-refractivity contribution in [3.63, 3.8) is 0 Å². The molecule has 0 fully saturated rings. The number of pyridine rings is 1. The zero-order valence-electron chi connectivity index (χ0n) is 11.0. The summed E-state index contributed by atoms with van der Waals surface area (Å²) in [5.41, 5.74) is 6.54. The van der Waals surface area contributed by atoms with Gasteiger partial charge < -0.3 is 10.6 Å². The Bertz CT molecular complexity index is 550. The third kappa shape index (κ3) is 3.52. The summed E-state index contributed by atoms with van der Waals surface area (Å²) in [4.78, 5) is 8.40. The predicted molar refractivity (Wildman–Crippen MR) is 85.8 cm³/mol. The van der Waals surface area contributed by atoms with Crippen LogP contribution < -0.4 is 10.6 Å². The average molecular weight is 291 g/mol. The van der Waals surface area contributed by atoms with E-state index in [4.69, 9.17) is 18.0 Å². The van der Waals surface area contributed by atoms with Crippen LogP contribution in [0.15, 0.2) is 35.8 Å². The molecule has 0 saturated heterocycles. The number of hydrogen-bond acceptors (Lipinski definition) is 4. The maximum atomic E-state index is 5.68. The molecule has 2 N–H and O–H groups in total. The van der Waals surface area contributed by atoms with E-state index in [1.165, 1.54) is 4.88 Å². The molecule has 0 aliphatic rings. The number of nitrogens with two attached hydrogens (primary N) is 1. The van der Waals surface area contributed by atoms with E-state index < -0.39 is 0 Å². The highest BCUT2D eigenvalue weighted by atomic mass is 32.1. The van der Waals surface area contributed by atoms with Crippen LogP contribution in [0.4, 0.5) is 5.82 Å². The van der Waals surface area contributed by atoms with Crippen LogP contribution in [-0.4, -0.2) is 16.0 Å². The molecule has 2 aromatic heterocycles. The van der Waals surface area contributed by atoms with Gasteiger partial charge in [-0.15, -0.1) is 11.3 Å². The topological polar surface area (TPSA) is 42.1 Å². The van der Waals surface area contributed by atoms with Gasteiger partial charge in [0.2, 0.25) is 0 Å². The normalized spacial score (nSPS) is 10.7. The van der Waals surface area contributed by atoms with Crippen LogP contribution in [0.1, 0.15) is 24.3 Å². The van der Waals surface area contributed by atoms with E-state index in [0.29, 0.717) is 11.0 Å². The minimum absolute atomic E-state index is 0.358. The number of nitrogens with zero attached hydrogens (tertiary/aromatic N) is 2. The molecule has 0 aliphatic heterocycles. The maximum absolute atomic E-state index is 5.68. The molecular weight excluding hydrogens is 274 g/mol. The van der Waals surface area contributed by atoms with Crippen molar-refractivity contribution in [3.8, 4) is 0 Å². The smallest absolute Gasteiger partial charge is 0.129 e. The number of thiophene rings is 1. The van der Waals surface area contributed by atoms with Gasteiger partial charge in [0.25, 0.3) is 0 Å². The summed E-state index contributed by atoms with van der Waals surface area (Å²) >= 11 is 6.78. The summed E-state index contributed by atoms with van der Waals surface area (Å²) in [6.45, 7) is 5.16. The highest BCUT2D eigenvalue weighted by Gasteiger charge is 2.14.